The van der Waals surface area contributed by atoms with E-state index in [4.69, 9.17) is 10.7 Å². The zero-order valence-electron chi connectivity index (χ0n) is 17.3. The van der Waals surface area contributed by atoms with Crippen LogP contribution in [0.25, 0.3) is 10.2 Å². The van der Waals surface area contributed by atoms with E-state index < -0.39 is 0 Å². The maximum Gasteiger partial charge on any atom is 0.273 e. The number of carbonyl (C=O) groups is 1. The molecule has 1 fully saturated rings. The summed E-state index contributed by atoms with van der Waals surface area (Å²) in [5, 5.41) is 12.3. The van der Waals surface area contributed by atoms with Crippen molar-refractivity contribution < 1.29 is 4.79 Å². The van der Waals surface area contributed by atoms with Crippen LogP contribution < -0.4 is 21.5 Å². The van der Waals surface area contributed by atoms with Crippen molar-refractivity contribution in [3.63, 3.8) is 0 Å². The number of hydrogen-bond donors (Lipinski definition) is 2. The molecule has 9 heteroatoms. The lowest BCUT2D eigenvalue weighted by atomic mass is 10.1. The molecule has 1 atom stereocenters. The molecule has 1 aliphatic heterocycles. The molecule has 1 aliphatic rings. The second-order valence-electron chi connectivity index (χ2n) is 7.60. The molecule has 1 aromatic carbocycles. The van der Waals surface area contributed by atoms with Gasteiger partial charge in [-0.2, -0.15) is 5.26 Å². The molecule has 0 spiro atoms. The van der Waals surface area contributed by atoms with E-state index in [2.05, 4.69) is 11.4 Å². The van der Waals surface area contributed by atoms with Gasteiger partial charge in [-0.1, -0.05) is 18.2 Å². The van der Waals surface area contributed by atoms with Gasteiger partial charge in [0.2, 0.25) is 5.95 Å². The summed E-state index contributed by atoms with van der Waals surface area (Å²) >= 11 is 1.15. The summed E-state index contributed by atoms with van der Waals surface area (Å²) in [5.41, 5.74) is 7.75. The molecule has 1 amide bonds. The van der Waals surface area contributed by atoms with E-state index >= 15 is 0 Å². The minimum atomic E-state index is -0.215. The van der Waals surface area contributed by atoms with Crippen LogP contribution in [0, 0.1) is 11.3 Å². The summed E-state index contributed by atoms with van der Waals surface area (Å²) in [6.07, 6.45) is 1.84. The Kier molecular flexibility index (Phi) is 6.02. The number of nitrogens with one attached hydrogen (secondary N) is 1. The summed E-state index contributed by atoms with van der Waals surface area (Å²) in [6, 6.07) is 11.1. The van der Waals surface area contributed by atoms with Crippen molar-refractivity contribution in [2.24, 2.45) is 5.73 Å². The minimum absolute atomic E-state index is 0.00885. The van der Waals surface area contributed by atoms with Gasteiger partial charge in [0.15, 0.2) is 0 Å². The number of piperidine rings is 1. The highest BCUT2D eigenvalue weighted by molar-refractivity contribution is 7.20. The van der Waals surface area contributed by atoms with E-state index in [0.717, 1.165) is 36.3 Å². The largest absolute Gasteiger partial charge is 0.352 e. The number of fused-ring (bicyclic) bond motifs is 1. The number of carbonyl (C=O) groups excluding carboxylic acids is 1. The summed E-state index contributed by atoms with van der Waals surface area (Å²) in [6.45, 7) is 3.93. The lowest BCUT2D eigenvalue weighted by Gasteiger charge is -2.33. The molecule has 1 saturated heterocycles. The standard InChI is InChI=1S/C22H24N6O2S/c1-2-25-20(29)18-10-17-19(31-18)21(30)28(12-15-7-4-3-6-14(15)11-23)22(26-17)27-9-5-8-16(24)13-27/h3-4,6-7,10,16H,2,5,8-9,12-13,24H2,1H3,(H,25,29). The van der Waals surface area contributed by atoms with Gasteiger partial charge >= 0.3 is 0 Å². The van der Waals surface area contributed by atoms with E-state index in [1.54, 1.807) is 22.8 Å². The number of aromatic nitrogens is 2. The molecular weight excluding hydrogens is 412 g/mol. The number of nitriles is 1. The van der Waals surface area contributed by atoms with Crippen molar-refractivity contribution in [1.82, 2.24) is 14.9 Å². The molecule has 3 aromatic rings. The van der Waals surface area contributed by atoms with Crippen LogP contribution in [-0.4, -0.2) is 41.1 Å². The third-order valence-corrected chi connectivity index (χ3v) is 6.49. The zero-order chi connectivity index (χ0) is 22.0. The van der Waals surface area contributed by atoms with Gasteiger partial charge in [0, 0.05) is 25.7 Å². The zero-order valence-corrected chi connectivity index (χ0v) is 18.1. The molecule has 3 heterocycles. The predicted molar refractivity (Wildman–Crippen MR) is 122 cm³/mol. The van der Waals surface area contributed by atoms with Gasteiger partial charge in [0.1, 0.15) is 4.70 Å². The van der Waals surface area contributed by atoms with Gasteiger partial charge in [-0.3, -0.25) is 14.2 Å². The number of nitrogens with two attached hydrogens (primary N) is 1. The van der Waals surface area contributed by atoms with Crippen molar-refractivity contribution in [3.05, 3.63) is 56.7 Å². The average Bonchev–Trinajstić information content (AvgIpc) is 3.21. The summed E-state index contributed by atoms with van der Waals surface area (Å²) in [5.74, 6) is 0.313. The van der Waals surface area contributed by atoms with Crippen molar-refractivity contribution in [2.75, 3.05) is 24.5 Å². The fraction of sp³-hybridized carbons (Fsp3) is 0.364. The van der Waals surface area contributed by atoms with Gasteiger partial charge in [0.05, 0.1) is 28.6 Å². The van der Waals surface area contributed by atoms with E-state index in [-0.39, 0.29) is 24.1 Å². The van der Waals surface area contributed by atoms with Crippen LogP contribution in [0.15, 0.2) is 35.1 Å². The van der Waals surface area contributed by atoms with Crippen LogP contribution >= 0.6 is 11.3 Å². The summed E-state index contributed by atoms with van der Waals surface area (Å²) in [7, 11) is 0. The van der Waals surface area contributed by atoms with E-state index in [1.807, 2.05) is 24.0 Å². The van der Waals surface area contributed by atoms with Crippen LogP contribution in [0.5, 0.6) is 0 Å². The van der Waals surface area contributed by atoms with Crippen molar-refractivity contribution in [1.29, 1.82) is 5.26 Å². The molecular formula is C22H24N6O2S. The minimum Gasteiger partial charge on any atom is -0.352 e. The van der Waals surface area contributed by atoms with Crippen molar-refractivity contribution in [3.8, 4) is 6.07 Å². The topological polar surface area (TPSA) is 117 Å². The number of rotatable bonds is 5. The first-order valence-electron chi connectivity index (χ1n) is 10.3. The number of hydrogen-bond acceptors (Lipinski definition) is 7. The molecule has 2 aromatic heterocycles. The molecule has 8 nitrogen and oxygen atoms in total. The Morgan fingerprint density at radius 3 is 2.97 bits per heavy atom. The number of thiophene rings is 1. The second kappa shape index (κ2) is 8.88. The molecule has 0 bridgehead atoms. The first-order chi connectivity index (χ1) is 15.0. The Morgan fingerprint density at radius 2 is 2.23 bits per heavy atom. The van der Waals surface area contributed by atoms with Gasteiger partial charge in [-0.15, -0.1) is 11.3 Å². The lowest BCUT2D eigenvalue weighted by Crippen LogP contribution is -2.45. The third-order valence-electron chi connectivity index (χ3n) is 5.38. The van der Waals surface area contributed by atoms with E-state index in [0.29, 0.717) is 39.7 Å². The van der Waals surface area contributed by atoms with Gasteiger partial charge in [0.25, 0.3) is 11.5 Å². The fourth-order valence-electron chi connectivity index (χ4n) is 3.87. The summed E-state index contributed by atoms with van der Waals surface area (Å²) < 4.78 is 2.04. The molecule has 3 N–H and O–H groups in total. The van der Waals surface area contributed by atoms with Crippen LogP contribution in [0.4, 0.5) is 5.95 Å². The Bertz CT molecular complexity index is 1220. The van der Waals surface area contributed by atoms with Crippen LogP contribution in [0.3, 0.4) is 0 Å². The third kappa shape index (κ3) is 4.17. The van der Waals surface area contributed by atoms with Gasteiger partial charge < -0.3 is 16.0 Å². The Morgan fingerprint density at radius 1 is 1.42 bits per heavy atom. The molecule has 1 unspecified atom stereocenters. The summed E-state index contributed by atoms with van der Waals surface area (Å²) in [4.78, 5) is 33.1. The van der Waals surface area contributed by atoms with Crippen LogP contribution in [0.1, 0.15) is 40.6 Å². The van der Waals surface area contributed by atoms with Crippen LogP contribution in [0.2, 0.25) is 0 Å². The molecule has 160 valence electrons. The first kappa shape index (κ1) is 21.0. The molecule has 0 saturated carbocycles. The second-order valence-corrected chi connectivity index (χ2v) is 8.66. The van der Waals surface area contributed by atoms with Crippen LogP contribution in [-0.2, 0) is 6.54 Å². The highest BCUT2D eigenvalue weighted by Gasteiger charge is 2.24. The number of benzene rings is 1. The van der Waals surface area contributed by atoms with Crippen molar-refractivity contribution in [2.45, 2.75) is 32.4 Å². The average molecular weight is 437 g/mol. The highest BCUT2D eigenvalue weighted by Crippen LogP contribution is 2.26. The van der Waals surface area contributed by atoms with Crippen molar-refractivity contribution >= 4 is 33.4 Å². The van der Waals surface area contributed by atoms with E-state index in [9.17, 15) is 14.9 Å². The maximum absolute atomic E-state index is 13.5. The Balaban J connectivity index is 1.87. The smallest absolute Gasteiger partial charge is 0.273 e. The molecule has 0 aliphatic carbocycles. The van der Waals surface area contributed by atoms with Gasteiger partial charge in [-0.25, -0.2) is 4.98 Å². The maximum atomic E-state index is 13.5. The SMILES string of the molecule is CCNC(=O)c1cc2nc(N3CCCC(N)C3)n(Cc3ccccc3C#N)c(=O)c2s1. The molecule has 31 heavy (non-hydrogen) atoms. The monoisotopic (exact) mass is 436 g/mol. The lowest BCUT2D eigenvalue weighted by molar-refractivity contribution is 0.0960. The predicted octanol–water partition coefficient (Wildman–Crippen LogP) is 2.06. The fourth-order valence-corrected chi connectivity index (χ4v) is 4.83. The Hall–Kier alpha value is -3.22. The number of nitrogens with zero attached hydrogens (tertiary/aromatic N) is 4. The Labute approximate surface area is 183 Å². The molecule has 4 rings (SSSR count). The highest BCUT2D eigenvalue weighted by atomic mass is 32.1. The molecule has 0 radical (unpaired) electrons. The quantitative estimate of drug-likeness (QED) is 0.632. The first-order valence-corrected chi connectivity index (χ1v) is 11.1. The van der Waals surface area contributed by atoms with E-state index in [1.165, 1.54) is 0 Å². The number of anilines is 1. The normalized spacial score (nSPS) is 16.3. The van der Waals surface area contributed by atoms with Gasteiger partial charge in [-0.05, 0) is 37.5 Å². The number of amides is 1.